The minimum Gasteiger partial charge on any atom is -0.491 e. The van der Waals surface area contributed by atoms with Crippen LogP contribution in [0.1, 0.15) is 17.5 Å². The molecule has 0 bridgehead atoms. The van der Waals surface area contributed by atoms with Crippen molar-refractivity contribution in [2.24, 2.45) is 4.99 Å². The molecule has 0 atom stereocenters. The van der Waals surface area contributed by atoms with Gasteiger partial charge in [-0.05, 0) is 54.4 Å². The van der Waals surface area contributed by atoms with Crippen molar-refractivity contribution in [1.82, 2.24) is 20.2 Å². The summed E-state index contributed by atoms with van der Waals surface area (Å²) in [5, 5.41) is 4.34. The van der Waals surface area contributed by atoms with E-state index in [1.165, 1.54) is 29.2 Å². The van der Waals surface area contributed by atoms with Crippen molar-refractivity contribution in [3.63, 3.8) is 0 Å². The number of urea groups is 1. The highest BCUT2D eigenvalue weighted by atomic mass is 32.2. The van der Waals surface area contributed by atoms with E-state index in [0.717, 1.165) is 28.8 Å². The summed E-state index contributed by atoms with van der Waals surface area (Å²) >= 11 is 0.971. The Bertz CT molecular complexity index is 1800. The third kappa shape index (κ3) is 9.25. The normalized spacial score (nSPS) is 14.4. The van der Waals surface area contributed by atoms with E-state index in [2.05, 4.69) is 25.3 Å². The van der Waals surface area contributed by atoms with Gasteiger partial charge in [-0.1, -0.05) is 42.1 Å². The number of hydroxylamine groups is 1. The zero-order valence-corrected chi connectivity index (χ0v) is 25.5. The Labute approximate surface area is 272 Å². The number of hydrogen-bond acceptors (Lipinski definition) is 8. The maximum absolute atomic E-state index is 12.7. The number of nitrogens with zero attached hydrogens (tertiary/aromatic N) is 5. The first-order valence-electron chi connectivity index (χ1n) is 13.9. The van der Waals surface area contributed by atoms with Crippen LogP contribution in [0.5, 0.6) is 11.5 Å². The first-order valence-corrected chi connectivity index (χ1v) is 14.9. The zero-order chi connectivity index (χ0) is 34.5. The Hall–Kier alpha value is -5.10. The number of alkyl halides is 6. The van der Waals surface area contributed by atoms with E-state index in [0.29, 0.717) is 28.2 Å². The van der Waals surface area contributed by atoms with Gasteiger partial charge >= 0.3 is 18.6 Å². The Morgan fingerprint density at radius 2 is 1.75 bits per heavy atom. The van der Waals surface area contributed by atoms with Gasteiger partial charge in [0.1, 0.15) is 17.8 Å². The van der Waals surface area contributed by atoms with E-state index in [1.54, 1.807) is 43.3 Å². The number of aryl methyl sites for hydroxylation is 1. The molecule has 1 fully saturated rings. The second-order valence-corrected chi connectivity index (χ2v) is 11.0. The summed E-state index contributed by atoms with van der Waals surface area (Å²) < 4.78 is 85.7. The Morgan fingerprint density at radius 1 is 1.02 bits per heavy atom. The summed E-state index contributed by atoms with van der Waals surface area (Å²) in [5.74, 6) is -0.477. The standard InChI is InChI=1S/C30H24F6N6O5S/c1-18-2-11-24(45-13-12-29(31,32)33)23(14-18)42-25(43)16-48-28(42)38-27(44)40-46-15-19-3-5-20(6-4-19)26-37-17-41(39-26)21-7-9-22(10-8-21)47-30(34,35)36/h2-11,14,17H,12-13,15-16H2,1H3,(H,40,44)/b38-28-. The highest BCUT2D eigenvalue weighted by molar-refractivity contribution is 8.15. The molecule has 4 aromatic rings. The number of aromatic nitrogens is 3. The van der Waals surface area contributed by atoms with Gasteiger partial charge in [-0.25, -0.2) is 19.9 Å². The topological polar surface area (TPSA) is 120 Å². The van der Waals surface area contributed by atoms with Gasteiger partial charge < -0.3 is 9.47 Å². The van der Waals surface area contributed by atoms with Gasteiger partial charge in [-0.3, -0.25) is 14.5 Å². The molecule has 0 unspecified atom stereocenters. The van der Waals surface area contributed by atoms with Crippen LogP contribution < -0.4 is 19.9 Å². The van der Waals surface area contributed by atoms with E-state index in [-0.39, 0.29) is 34.7 Å². The predicted molar refractivity (Wildman–Crippen MR) is 162 cm³/mol. The van der Waals surface area contributed by atoms with Crippen LogP contribution in [0.2, 0.25) is 0 Å². The lowest BCUT2D eigenvalue weighted by Gasteiger charge is -2.20. The van der Waals surface area contributed by atoms with E-state index < -0.39 is 37.5 Å². The number of rotatable bonds is 10. The number of ether oxygens (including phenoxy) is 2. The predicted octanol–water partition coefficient (Wildman–Crippen LogP) is 6.75. The van der Waals surface area contributed by atoms with Gasteiger partial charge in [0.05, 0.1) is 36.8 Å². The Morgan fingerprint density at radius 3 is 2.44 bits per heavy atom. The average Bonchev–Trinajstić information content (AvgIpc) is 3.64. The largest absolute Gasteiger partial charge is 0.573 e. The third-order valence-corrected chi connectivity index (χ3v) is 7.32. The number of carbonyl (C=O) groups excluding carboxylic acids is 2. The first-order chi connectivity index (χ1) is 22.7. The van der Waals surface area contributed by atoms with Crippen molar-refractivity contribution >= 4 is 34.6 Å². The van der Waals surface area contributed by atoms with E-state index in [9.17, 15) is 35.9 Å². The summed E-state index contributed by atoms with van der Waals surface area (Å²) in [6.45, 7) is 1.01. The van der Waals surface area contributed by atoms with Gasteiger partial charge in [0.15, 0.2) is 11.0 Å². The molecule has 1 aliphatic rings. The lowest BCUT2D eigenvalue weighted by molar-refractivity contribution is -0.274. The van der Waals surface area contributed by atoms with Crippen LogP contribution in [0.4, 0.5) is 36.8 Å². The van der Waals surface area contributed by atoms with Crippen LogP contribution in [0, 0.1) is 6.92 Å². The van der Waals surface area contributed by atoms with Crippen LogP contribution in [0.25, 0.3) is 17.1 Å². The molecule has 18 heteroatoms. The second kappa shape index (κ2) is 14.3. The number of benzene rings is 3. The number of anilines is 1. The molecule has 1 saturated heterocycles. The van der Waals surface area contributed by atoms with Crippen molar-refractivity contribution < 1.29 is 50.2 Å². The maximum Gasteiger partial charge on any atom is 0.573 e. The van der Waals surface area contributed by atoms with Crippen LogP contribution >= 0.6 is 11.8 Å². The monoisotopic (exact) mass is 694 g/mol. The molecule has 3 amide bonds. The highest BCUT2D eigenvalue weighted by Crippen LogP contribution is 2.36. The number of halogens is 6. The second-order valence-electron chi connectivity index (χ2n) is 10.0. The van der Waals surface area contributed by atoms with Crippen molar-refractivity contribution in [1.29, 1.82) is 0 Å². The number of thioether (sulfide) groups is 1. The smallest absolute Gasteiger partial charge is 0.491 e. The van der Waals surface area contributed by atoms with Crippen LogP contribution in [0.3, 0.4) is 0 Å². The molecule has 252 valence electrons. The molecule has 1 aromatic heterocycles. The van der Waals surface area contributed by atoms with Gasteiger partial charge in [-0.15, -0.1) is 18.3 Å². The van der Waals surface area contributed by atoms with Crippen LogP contribution in [-0.2, 0) is 16.2 Å². The SMILES string of the molecule is Cc1ccc(OCCC(F)(F)F)c(N2C(=O)CS/C2=N\C(=O)NOCc2ccc(-c3ncn(-c4ccc(OC(F)(F)F)cc4)n3)cc2)c1. The average molecular weight is 695 g/mol. The number of carbonyl (C=O) groups is 2. The number of hydrogen-bond donors (Lipinski definition) is 1. The van der Waals surface area contributed by atoms with Crippen molar-refractivity contribution in [2.75, 3.05) is 17.3 Å². The fourth-order valence-electron chi connectivity index (χ4n) is 4.24. The van der Waals surface area contributed by atoms with Crippen LogP contribution in [-0.4, -0.2) is 56.8 Å². The molecule has 0 radical (unpaired) electrons. The fraction of sp³-hybridized carbons (Fsp3) is 0.233. The summed E-state index contributed by atoms with van der Waals surface area (Å²) in [6, 6.07) is 15.6. The lowest BCUT2D eigenvalue weighted by atomic mass is 10.1. The van der Waals surface area contributed by atoms with Crippen molar-refractivity contribution in [2.45, 2.75) is 32.5 Å². The minimum absolute atomic E-state index is 0.00533. The summed E-state index contributed by atoms with van der Waals surface area (Å²) in [5.41, 5.74) is 4.78. The first kappa shape index (κ1) is 34.2. The summed E-state index contributed by atoms with van der Waals surface area (Å²) in [4.78, 5) is 39.8. The molecule has 1 aliphatic heterocycles. The number of amides is 3. The molecular weight excluding hydrogens is 670 g/mol. The molecule has 0 spiro atoms. The Balaban J connectivity index is 1.17. The molecule has 0 aliphatic carbocycles. The molecule has 5 rings (SSSR count). The van der Waals surface area contributed by atoms with Crippen molar-refractivity contribution in [3.8, 4) is 28.6 Å². The molecule has 48 heavy (non-hydrogen) atoms. The fourth-order valence-corrected chi connectivity index (χ4v) is 5.10. The van der Waals surface area contributed by atoms with E-state index >= 15 is 0 Å². The summed E-state index contributed by atoms with van der Waals surface area (Å²) in [7, 11) is 0. The minimum atomic E-state index is -4.80. The maximum atomic E-state index is 12.7. The van der Waals surface area contributed by atoms with Crippen molar-refractivity contribution in [3.05, 3.63) is 84.2 Å². The lowest BCUT2D eigenvalue weighted by Crippen LogP contribution is -2.32. The van der Waals surface area contributed by atoms with Gasteiger partial charge in [0.2, 0.25) is 5.91 Å². The summed E-state index contributed by atoms with van der Waals surface area (Å²) in [6.07, 6.45) is -8.99. The number of amidine groups is 1. The molecule has 1 N–H and O–H groups in total. The molecule has 3 aromatic carbocycles. The third-order valence-electron chi connectivity index (χ3n) is 6.40. The molecule has 2 heterocycles. The van der Waals surface area contributed by atoms with Gasteiger partial charge in [0.25, 0.3) is 0 Å². The zero-order valence-electron chi connectivity index (χ0n) is 24.7. The van der Waals surface area contributed by atoms with Crippen LogP contribution in [0.15, 0.2) is 78.0 Å². The van der Waals surface area contributed by atoms with E-state index in [1.807, 2.05) is 0 Å². The molecular formula is C30H24F6N6O5S. The number of nitrogens with one attached hydrogen (secondary N) is 1. The van der Waals surface area contributed by atoms with Gasteiger partial charge in [0, 0.05) is 5.56 Å². The quantitative estimate of drug-likeness (QED) is 0.143. The van der Waals surface area contributed by atoms with E-state index in [4.69, 9.17) is 9.57 Å². The number of aliphatic imine (C=N–C) groups is 1. The molecule has 11 nitrogen and oxygen atoms in total. The molecule has 0 saturated carbocycles. The highest BCUT2D eigenvalue weighted by Gasteiger charge is 2.34. The van der Waals surface area contributed by atoms with Gasteiger partial charge in [-0.2, -0.15) is 18.2 Å². The Kier molecular flexibility index (Phi) is 10.2.